The first-order chi connectivity index (χ1) is 12.1. The fourth-order valence-corrected chi connectivity index (χ4v) is 1.70. The van der Waals surface area contributed by atoms with Crippen molar-refractivity contribution in [2.45, 2.75) is 26.4 Å². The SMILES string of the molecule is CC(C)(C)OO.[O-]c1ccc(Cl)cc1C=Nc1ccc(Cl)cc1[O-].[O]=[V]. The van der Waals surface area contributed by atoms with Gasteiger partial charge in [-0.2, -0.15) is 0 Å². The molecule has 0 spiro atoms. The van der Waals surface area contributed by atoms with E-state index in [-0.39, 0.29) is 17.2 Å². The molecule has 0 radical (unpaired) electrons. The number of halogens is 2. The zero-order valence-corrected chi connectivity index (χ0v) is 17.2. The zero-order valence-electron chi connectivity index (χ0n) is 14.3. The second-order valence-corrected chi connectivity index (χ2v) is 6.63. The van der Waals surface area contributed by atoms with E-state index in [0.717, 1.165) is 17.4 Å². The summed E-state index contributed by atoms with van der Waals surface area (Å²) in [6, 6.07) is 8.67. The summed E-state index contributed by atoms with van der Waals surface area (Å²) in [5.41, 5.74) is 0.149. The molecule has 0 heterocycles. The molecule has 0 fully saturated rings. The minimum absolute atomic E-state index is 0.204. The standard InChI is InChI=1S/C13H9Cl2NO2.C4H10O2.O.V/c14-9-2-4-12(17)8(5-9)7-16-11-3-1-10(15)6-13(11)18;1-4(2,3)6-5;;/h1-7,17-18H;5H,1-3H3;;/p-2. The fraction of sp³-hybridized carbons (Fsp3) is 0.235. The molecule has 0 amide bonds. The Morgan fingerprint density at radius 3 is 2.04 bits per heavy atom. The molecule has 0 aliphatic carbocycles. The first-order valence-corrected chi connectivity index (χ1v) is 8.43. The first-order valence-electron chi connectivity index (χ1n) is 7.10. The molecule has 0 aromatic heterocycles. The maximum atomic E-state index is 11.5. The first kappa shape index (κ1) is 24.6. The van der Waals surface area contributed by atoms with E-state index in [2.05, 4.69) is 9.88 Å². The van der Waals surface area contributed by atoms with Gasteiger partial charge in [-0.25, -0.2) is 4.89 Å². The van der Waals surface area contributed by atoms with E-state index in [9.17, 15) is 10.2 Å². The molecular weight excluding hydrogens is 420 g/mol. The predicted molar refractivity (Wildman–Crippen MR) is 93.2 cm³/mol. The van der Waals surface area contributed by atoms with Crippen LogP contribution in [0.25, 0.3) is 0 Å². The Morgan fingerprint density at radius 1 is 1.04 bits per heavy atom. The van der Waals surface area contributed by atoms with Gasteiger partial charge in [-0.3, -0.25) is 10.2 Å². The van der Waals surface area contributed by atoms with Gasteiger partial charge in [-0.15, -0.1) is 0 Å². The topological polar surface area (TPSA) is 105 Å². The van der Waals surface area contributed by atoms with Crippen molar-refractivity contribution in [1.29, 1.82) is 0 Å². The van der Waals surface area contributed by atoms with E-state index >= 15 is 0 Å². The number of nitrogens with zero attached hydrogens (tertiary/aromatic N) is 1. The van der Waals surface area contributed by atoms with Crippen molar-refractivity contribution in [3.63, 3.8) is 0 Å². The Morgan fingerprint density at radius 2 is 1.54 bits per heavy atom. The molecule has 0 bridgehead atoms. The van der Waals surface area contributed by atoms with Crippen molar-refractivity contribution in [1.82, 2.24) is 0 Å². The van der Waals surface area contributed by atoms with Crippen LogP contribution < -0.4 is 10.2 Å². The molecule has 0 aliphatic rings. The molecule has 0 saturated carbocycles. The van der Waals surface area contributed by atoms with Gasteiger partial charge in [0.2, 0.25) is 0 Å². The van der Waals surface area contributed by atoms with Gasteiger partial charge in [0, 0.05) is 16.3 Å². The van der Waals surface area contributed by atoms with Gasteiger partial charge in [-0.05, 0) is 56.7 Å². The van der Waals surface area contributed by atoms with E-state index < -0.39 is 5.60 Å². The van der Waals surface area contributed by atoms with E-state index in [1.54, 1.807) is 26.8 Å². The predicted octanol–water partition coefficient (Wildman–Crippen LogP) is 4.04. The molecule has 9 heteroatoms. The van der Waals surface area contributed by atoms with Crippen LogP contribution in [0, 0.1) is 0 Å². The van der Waals surface area contributed by atoms with Crippen LogP contribution in [-0.4, -0.2) is 17.1 Å². The van der Waals surface area contributed by atoms with Crippen molar-refractivity contribution in [3.8, 4) is 11.5 Å². The monoisotopic (exact) mass is 436 g/mol. The molecule has 6 nitrogen and oxygen atoms in total. The van der Waals surface area contributed by atoms with Crippen molar-refractivity contribution in [2.24, 2.45) is 4.99 Å². The minimum atomic E-state index is -0.403. The zero-order chi connectivity index (χ0) is 20.3. The van der Waals surface area contributed by atoms with Gasteiger partial charge in [0.1, 0.15) is 0 Å². The van der Waals surface area contributed by atoms with Gasteiger partial charge >= 0.3 is 21.0 Å². The van der Waals surface area contributed by atoms with Gasteiger partial charge in [0.15, 0.2) is 0 Å². The normalized spacial score (nSPS) is 10.5. The van der Waals surface area contributed by atoms with Gasteiger partial charge in [-0.1, -0.05) is 40.8 Å². The Balaban J connectivity index is 0.000000667. The fourth-order valence-electron chi connectivity index (χ4n) is 1.35. The molecule has 0 aliphatic heterocycles. The summed E-state index contributed by atoms with van der Waals surface area (Å²) in [7, 11) is 0. The van der Waals surface area contributed by atoms with Gasteiger partial charge < -0.3 is 10.2 Å². The molecule has 0 atom stereocenters. The average molecular weight is 437 g/mol. The Kier molecular flexibility index (Phi) is 11.4. The summed E-state index contributed by atoms with van der Waals surface area (Å²) < 4.78 is 8.19. The average Bonchev–Trinajstić information content (AvgIpc) is 2.58. The molecule has 0 unspecified atom stereocenters. The third-order valence-electron chi connectivity index (χ3n) is 2.51. The summed E-state index contributed by atoms with van der Waals surface area (Å²) in [4.78, 5) is 7.90. The second kappa shape index (κ2) is 12.1. The summed E-state index contributed by atoms with van der Waals surface area (Å²) in [6.45, 7) is 5.31. The van der Waals surface area contributed by atoms with Crippen LogP contribution >= 0.6 is 23.2 Å². The van der Waals surface area contributed by atoms with Crippen molar-refractivity contribution in [2.75, 3.05) is 0 Å². The van der Waals surface area contributed by atoms with Crippen LogP contribution in [0.3, 0.4) is 0 Å². The molecule has 0 saturated heterocycles. The van der Waals surface area contributed by atoms with Crippen LogP contribution in [0.5, 0.6) is 11.5 Å². The Labute approximate surface area is 171 Å². The maximum absolute atomic E-state index is 11.5. The third-order valence-corrected chi connectivity index (χ3v) is 2.98. The number of hydrogen-bond donors (Lipinski definition) is 1. The number of rotatable bonds is 2. The van der Waals surface area contributed by atoms with Gasteiger partial charge in [0.25, 0.3) is 0 Å². The van der Waals surface area contributed by atoms with Crippen LogP contribution in [0.4, 0.5) is 5.69 Å². The van der Waals surface area contributed by atoms with Crippen LogP contribution in [-0.2, 0) is 25.9 Å². The number of benzene rings is 2. The molecule has 2 aromatic rings. The molecule has 1 N–H and O–H groups in total. The van der Waals surface area contributed by atoms with Gasteiger partial charge in [0.05, 0.1) is 11.3 Å². The van der Waals surface area contributed by atoms with Crippen LogP contribution in [0.2, 0.25) is 10.0 Å². The van der Waals surface area contributed by atoms with Crippen LogP contribution in [0.15, 0.2) is 41.4 Å². The van der Waals surface area contributed by atoms with Crippen LogP contribution in [0.1, 0.15) is 26.3 Å². The molecule has 141 valence electrons. The summed E-state index contributed by atoms with van der Waals surface area (Å²) >= 11 is 12.5. The Bertz CT molecular complexity index is 736. The quantitative estimate of drug-likeness (QED) is 0.434. The Hall–Kier alpha value is -1.41. The van der Waals surface area contributed by atoms with Crippen molar-refractivity contribution >= 4 is 35.1 Å². The third kappa shape index (κ3) is 9.92. The summed E-state index contributed by atoms with van der Waals surface area (Å²) in [6.07, 6.45) is 1.32. The number of aliphatic imine (C=N–C) groups is 1. The molecular formula is C17H17Cl2NO5V-2. The second-order valence-electron chi connectivity index (χ2n) is 5.76. The van der Waals surface area contributed by atoms with E-state index in [0.29, 0.717) is 15.6 Å². The molecule has 2 aromatic carbocycles. The summed E-state index contributed by atoms with van der Waals surface area (Å²) in [5.74, 6) is -0.502. The molecule has 2 rings (SSSR count). The number of hydrogen-bond acceptors (Lipinski definition) is 6. The van der Waals surface area contributed by atoms with E-state index in [1.807, 2.05) is 0 Å². The van der Waals surface area contributed by atoms with Crippen molar-refractivity contribution < 1.29 is 41.4 Å². The van der Waals surface area contributed by atoms with E-state index in [4.69, 9.17) is 32.1 Å². The van der Waals surface area contributed by atoms with Crippen molar-refractivity contribution in [3.05, 3.63) is 52.0 Å². The molecule has 26 heavy (non-hydrogen) atoms. The van der Waals surface area contributed by atoms with E-state index in [1.165, 1.54) is 36.5 Å². The summed E-state index contributed by atoms with van der Waals surface area (Å²) in [5, 5.41) is 31.7.